The van der Waals surface area contributed by atoms with Crippen molar-refractivity contribution in [2.24, 2.45) is 5.92 Å². The lowest BCUT2D eigenvalue weighted by Gasteiger charge is -2.28. The summed E-state index contributed by atoms with van der Waals surface area (Å²) >= 11 is 0. The largest absolute Gasteiger partial charge is 0.279 e. The van der Waals surface area contributed by atoms with Gasteiger partial charge in [-0.3, -0.25) is 0 Å². The van der Waals surface area contributed by atoms with Gasteiger partial charge < -0.3 is 0 Å². The lowest BCUT2D eigenvalue weighted by atomic mass is 10.1. The van der Waals surface area contributed by atoms with E-state index in [-0.39, 0.29) is 6.04 Å². The van der Waals surface area contributed by atoms with Crippen LogP contribution >= 0.6 is 0 Å². The first-order valence-corrected chi connectivity index (χ1v) is 7.15. The standard InChI is InChI=1S/C10H22N2O2S/c1-9(2)10(3)11-15(13,14)12-7-5-4-6-8-12/h9-11H,4-8H2,1-3H3. The first kappa shape index (κ1) is 12.9. The molecule has 4 nitrogen and oxygen atoms in total. The van der Waals surface area contributed by atoms with Crippen LogP contribution in [0.4, 0.5) is 0 Å². The van der Waals surface area contributed by atoms with Crippen LogP contribution in [-0.2, 0) is 10.2 Å². The maximum absolute atomic E-state index is 11.9. The molecule has 1 unspecified atom stereocenters. The summed E-state index contributed by atoms with van der Waals surface area (Å²) in [5.74, 6) is 0.324. The highest BCUT2D eigenvalue weighted by molar-refractivity contribution is 7.87. The zero-order valence-electron chi connectivity index (χ0n) is 9.86. The highest BCUT2D eigenvalue weighted by Gasteiger charge is 2.25. The summed E-state index contributed by atoms with van der Waals surface area (Å²) in [6.07, 6.45) is 3.11. The maximum atomic E-state index is 11.9. The highest BCUT2D eigenvalue weighted by Crippen LogP contribution is 2.13. The molecule has 1 saturated heterocycles. The minimum atomic E-state index is -3.24. The molecule has 1 aliphatic heterocycles. The number of hydrogen-bond donors (Lipinski definition) is 1. The third-order valence-corrected chi connectivity index (χ3v) is 4.70. The molecule has 1 N–H and O–H groups in total. The predicted molar refractivity (Wildman–Crippen MR) is 61.8 cm³/mol. The molecular weight excluding hydrogens is 212 g/mol. The fraction of sp³-hybridized carbons (Fsp3) is 1.00. The molecule has 0 bridgehead atoms. The Kier molecular flexibility index (Phi) is 4.55. The summed E-state index contributed by atoms with van der Waals surface area (Å²) in [6.45, 7) is 7.28. The minimum absolute atomic E-state index is 0.00285. The molecule has 15 heavy (non-hydrogen) atoms. The van der Waals surface area contributed by atoms with E-state index in [0.717, 1.165) is 19.3 Å². The Bertz CT molecular complexity index is 282. The zero-order valence-corrected chi connectivity index (χ0v) is 10.7. The second-order valence-electron chi connectivity index (χ2n) is 4.62. The maximum Gasteiger partial charge on any atom is 0.279 e. The minimum Gasteiger partial charge on any atom is -0.199 e. The van der Waals surface area contributed by atoms with E-state index in [9.17, 15) is 8.42 Å². The SMILES string of the molecule is CC(C)C(C)NS(=O)(=O)N1CCCCC1. The van der Waals surface area contributed by atoms with E-state index in [4.69, 9.17) is 0 Å². The molecule has 5 heteroatoms. The van der Waals surface area contributed by atoms with E-state index in [1.54, 1.807) is 4.31 Å². The molecule has 0 radical (unpaired) electrons. The van der Waals surface area contributed by atoms with E-state index in [2.05, 4.69) is 4.72 Å². The first-order valence-electron chi connectivity index (χ1n) is 5.71. The van der Waals surface area contributed by atoms with Crippen molar-refractivity contribution >= 4 is 10.2 Å². The van der Waals surface area contributed by atoms with E-state index < -0.39 is 10.2 Å². The van der Waals surface area contributed by atoms with Crippen LogP contribution in [0.3, 0.4) is 0 Å². The average Bonchev–Trinajstić information content (AvgIpc) is 2.18. The molecule has 0 aromatic rings. The first-order chi connectivity index (χ1) is 6.93. The quantitative estimate of drug-likeness (QED) is 0.798. The van der Waals surface area contributed by atoms with E-state index in [1.165, 1.54) is 0 Å². The van der Waals surface area contributed by atoms with Crippen molar-refractivity contribution in [3.8, 4) is 0 Å². The van der Waals surface area contributed by atoms with Gasteiger partial charge in [0.1, 0.15) is 0 Å². The van der Waals surface area contributed by atoms with Crippen LogP contribution in [0.1, 0.15) is 40.0 Å². The second kappa shape index (κ2) is 5.27. The summed E-state index contributed by atoms with van der Waals surface area (Å²) in [5, 5.41) is 0. The molecule has 0 aromatic heterocycles. The molecule has 1 heterocycles. The molecule has 1 atom stereocenters. The van der Waals surface area contributed by atoms with E-state index in [1.807, 2.05) is 20.8 Å². The van der Waals surface area contributed by atoms with Gasteiger partial charge >= 0.3 is 0 Å². The Labute approximate surface area is 93.2 Å². The topological polar surface area (TPSA) is 49.4 Å². The highest BCUT2D eigenvalue weighted by atomic mass is 32.2. The molecule has 0 spiro atoms. The zero-order chi connectivity index (χ0) is 11.5. The summed E-state index contributed by atoms with van der Waals surface area (Å²) in [7, 11) is -3.24. The summed E-state index contributed by atoms with van der Waals surface area (Å²) < 4.78 is 28.1. The van der Waals surface area contributed by atoms with Crippen LogP contribution in [0.5, 0.6) is 0 Å². The van der Waals surface area contributed by atoms with Crippen LogP contribution in [-0.4, -0.2) is 31.9 Å². The van der Waals surface area contributed by atoms with Gasteiger partial charge in [0.15, 0.2) is 0 Å². The third kappa shape index (κ3) is 3.74. The number of rotatable bonds is 4. The van der Waals surface area contributed by atoms with Crippen LogP contribution in [0, 0.1) is 5.92 Å². The molecule has 0 aliphatic carbocycles. The van der Waals surface area contributed by atoms with Gasteiger partial charge in [-0.05, 0) is 25.7 Å². The van der Waals surface area contributed by atoms with Crippen LogP contribution in [0.15, 0.2) is 0 Å². The van der Waals surface area contributed by atoms with Crippen molar-refractivity contribution in [1.29, 1.82) is 0 Å². The molecular formula is C10H22N2O2S. The molecule has 0 saturated carbocycles. The normalized spacial score (nSPS) is 21.9. The number of piperidine rings is 1. The van der Waals surface area contributed by atoms with Crippen molar-refractivity contribution in [2.45, 2.75) is 46.1 Å². The van der Waals surface area contributed by atoms with Gasteiger partial charge in [0.05, 0.1) is 0 Å². The molecule has 1 rings (SSSR count). The predicted octanol–water partition coefficient (Wildman–Crippen LogP) is 1.35. The molecule has 0 aromatic carbocycles. The van der Waals surface area contributed by atoms with Gasteiger partial charge in [0.2, 0.25) is 0 Å². The van der Waals surface area contributed by atoms with Crippen molar-refractivity contribution in [2.75, 3.05) is 13.1 Å². The average molecular weight is 234 g/mol. The van der Waals surface area contributed by atoms with Gasteiger partial charge in [0, 0.05) is 19.1 Å². The van der Waals surface area contributed by atoms with Crippen molar-refractivity contribution in [3.63, 3.8) is 0 Å². The molecule has 90 valence electrons. The van der Waals surface area contributed by atoms with Crippen molar-refractivity contribution in [3.05, 3.63) is 0 Å². The van der Waals surface area contributed by atoms with Crippen LogP contribution in [0.2, 0.25) is 0 Å². The van der Waals surface area contributed by atoms with Crippen molar-refractivity contribution in [1.82, 2.24) is 9.03 Å². The van der Waals surface area contributed by atoms with Gasteiger partial charge in [0.25, 0.3) is 10.2 Å². The fourth-order valence-electron chi connectivity index (χ4n) is 1.55. The molecule has 0 amide bonds. The number of nitrogens with one attached hydrogen (secondary N) is 1. The van der Waals surface area contributed by atoms with Crippen LogP contribution < -0.4 is 4.72 Å². The Morgan fingerprint density at radius 3 is 2.07 bits per heavy atom. The number of hydrogen-bond acceptors (Lipinski definition) is 2. The Hall–Kier alpha value is -0.130. The Morgan fingerprint density at radius 1 is 1.07 bits per heavy atom. The van der Waals surface area contributed by atoms with E-state index in [0.29, 0.717) is 19.0 Å². The van der Waals surface area contributed by atoms with E-state index >= 15 is 0 Å². The molecule has 1 aliphatic rings. The molecule has 1 fully saturated rings. The monoisotopic (exact) mass is 234 g/mol. The van der Waals surface area contributed by atoms with Crippen LogP contribution in [0.25, 0.3) is 0 Å². The lowest BCUT2D eigenvalue weighted by molar-refractivity contribution is 0.334. The van der Waals surface area contributed by atoms with Gasteiger partial charge in [-0.1, -0.05) is 20.3 Å². The summed E-state index contributed by atoms with van der Waals surface area (Å²) in [4.78, 5) is 0. The summed E-state index contributed by atoms with van der Waals surface area (Å²) in [6, 6.07) is -0.00285. The second-order valence-corrected chi connectivity index (χ2v) is 6.32. The smallest absolute Gasteiger partial charge is 0.199 e. The Balaban J connectivity index is 2.57. The van der Waals surface area contributed by atoms with Crippen molar-refractivity contribution < 1.29 is 8.42 Å². The lowest BCUT2D eigenvalue weighted by Crippen LogP contribution is -2.47. The fourth-order valence-corrected chi connectivity index (χ4v) is 3.18. The van der Waals surface area contributed by atoms with Gasteiger partial charge in [-0.25, -0.2) is 0 Å². The number of nitrogens with zero attached hydrogens (tertiary/aromatic N) is 1. The van der Waals surface area contributed by atoms with Gasteiger partial charge in [-0.2, -0.15) is 17.4 Å². The van der Waals surface area contributed by atoms with Gasteiger partial charge in [-0.15, -0.1) is 0 Å². The Morgan fingerprint density at radius 2 is 1.60 bits per heavy atom. The summed E-state index contributed by atoms with van der Waals surface area (Å²) in [5.41, 5.74) is 0. The third-order valence-electron chi connectivity index (χ3n) is 2.99.